The molecule has 0 spiro atoms. The zero-order valence-electron chi connectivity index (χ0n) is 8.73. The number of rotatable bonds is 4. The maximum atomic E-state index is 5.10. The summed E-state index contributed by atoms with van der Waals surface area (Å²) in [6.45, 7) is 4.68. The SMILES string of the molecule is Cc1cc(CNC(C)c2cscn2)on1. The molecule has 80 valence electrons. The van der Waals surface area contributed by atoms with Gasteiger partial charge in [0.25, 0.3) is 0 Å². The summed E-state index contributed by atoms with van der Waals surface area (Å²) in [5.41, 5.74) is 3.82. The Labute approximate surface area is 92.3 Å². The lowest BCUT2D eigenvalue weighted by Gasteiger charge is -2.08. The first-order chi connectivity index (χ1) is 7.25. The molecule has 2 heterocycles. The number of aryl methyl sites for hydroxylation is 1. The fourth-order valence-electron chi connectivity index (χ4n) is 1.29. The highest BCUT2D eigenvalue weighted by Gasteiger charge is 2.08. The Hall–Kier alpha value is -1.20. The van der Waals surface area contributed by atoms with Crippen LogP contribution in [0.15, 0.2) is 21.5 Å². The Morgan fingerprint density at radius 3 is 3.07 bits per heavy atom. The van der Waals surface area contributed by atoms with Crippen LogP contribution in [0, 0.1) is 6.92 Å². The monoisotopic (exact) mass is 223 g/mol. The predicted molar refractivity (Wildman–Crippen MR) is 58.6 cm³/mol. The molecule has 0 aliphatic heterocycles. The molecule has 0 bridgehead atoms. The van der Waals surface area contributed by atoms with Crippen molar-refractivity contribution in [2.75, 3.05) is 0 Å². The van der Waals surface area contributed by atoms with Gasteiger partial charge >= 0.3 is 0 Å². The third-order valence-corrected chi connectivity index (χ3v) is 2.76. The highest BCUT2D eigenvalue weighted by molar-refractivity contribution is 7.07. The summed E-state index contributed by atoms with van der Waals surface area (Å²) in [5, 5.41) is 9.20. The van der Waals surface area contributed by atoms with Gasteiger partial charge in [-0.25, -0.2) is 4.98 Å². The lowest BCUT2D eigenvalue weighted by Crippen LogP contribution is -2.17. The van der Waals surface area contributed by atoms with Crippen molar-refractivity contribution < 1.29 is 4.52 Å². The zero-order valence-corrected chi connectivity index (χ0v) is 9.54. The van der Waals surface area contributed by atoms with Crippen LogP contribution in [-0.4, -0.2) is 10.1 Å². The van der Waals surface area contributed by atoms with Crippen molar-refractivity contribution in [3.05, 3.63) is 34.1 Å². The topological polar surface area (TPSA) is 51.0 Å². The molecule has 2 rings (SSSR count). The van der Waals surface area contributed by atoms with Gasteiger partial charge in [-0.15, -0.1) is 11.3 Å². The van der Waals surface area contributed by atoms with Crippen molar-refractivity contribution in [3.63, 3.8) is 0 Å². The van der Waals surface area contributed by atoms with E-state index in [0.29, 0.717) is 6.54 Å². The van der Waals surface area contributed by atoms with Crippen LogP contribution >= 0.6 is 11.3 Å². The summed E-state index contributed by atoms with van der Waals surface area (Å²) >= 11 is 1.61. The van der Waals surface area contributed by atoms with Crippen molar-refractivity contribution in [2.45, 2.75) is 26.4 Å². The summed E-state index contributed by atoms with van der Waals surface area (Å²) in [6, 6.07) is 2.17. The number of nitrogens with one attached hydrogen (secondary N) is 1. The standard InChI is InChI=1S/C10H13N3OS/c1-7-3-9(14-13-7)4-11-8(2)10-5-15-6-12-10/h3,5-6,8,11H,4H2,1-2H3. The molecule has 15 heavy (non-hydrogen) atoms. The van der Waals surface area contributed by atoms with E-state index >= 15 is 0 Å². The molecule has 2 aromatic rings. The van der Waals surface area contributed by atoms with E-state index in [1.54, 1.807) is 11.3 Å². The molecule has 1 unspecified atom stereocenters. The van der Waals surface area contributed by atoms with Crippen molar-refractivity contribution >= 4 is 11.3 Å². The van der Waals surface area contributed by atoms with Crippen molar-refractivity contribution in [2.24, 2.45) is 0 Å². The fourth-order valence-corrected chi connectivity index (χ4v) is 1.94. The minimum Gasteiger partial charge on any atom is -0.360 e. The van der Waals surface area contributed by atoms with Crippen LogP contribution in [0.25, 0.3) is 0 Å². The van der Waals surface area contributed by atoms with Crippen LogP contribution in [0.5, 0.6) is 0 Å². The van der Waals surface area contributed by atoms with Crippen LogP contribution in [0.3, 0.4) is 0 Å². The van der Waals surface area contributed by atoms with E-state index in [-0.39, 0.29) is 6.04 Å². The van der Waals surface area contributed by atoms with E-state index < -0.39 is 0 Å². The first-order valence-electron chi connectivity index (χ1n) is 4.79. The minimum absolute atomic E-state index is 0.238. The lowest BCUT2D eigenvalue weighted by atomic mass is 10.2. The molecule has 0 radical (unpaired) electrons. The van der Waals surface area contributed by atoms with Crippen LogP contribution in [0.2, 0.25) is 0 Å². The average Bonchev–Trinajstić information content (AvgIpc) is 2.84. The number of thiazole rings is 1. The summed E-state index contributed by atoms with van der Waals surface area (Å²) < 4.78 is 5.10. The molecule has 4 nitrogen and oxygen atoms in total. The molecule has 1 N–H and O–H groups in total. The Morgan fingerprint density at radius 1 is 1.60 bits per heavy atom. The smallest absolute Gasteiger partial charge is 0.150 e. The molecule has 0 aliphatic carbocycles. The third-order valence-electron chi connectivity index (χ3n) is 2.15. The molecule has 0 aliphatic rings. The molecule has 1 atom stereocenters. The van der Waals surface area contributed by atoms with Gasteiger partial charge in [-0.05, 0) is 13.8 Å². The summed E-state index contributed by atoms with van der Waals surface area (Å²) in [4.78, 5) is 4.24. The maximum absolute atomic E-state index is 5.10. The van der Waals surface area contributed by atoms with Gasteiger partial charge in [0.1, 0.15) is 0 Å². The highest BCUT2D eigenvalue weighted by atomic mass is 32.1. The van der Waals surface area contributed by atoms with Crippen LogP contribution in [-0.2, 0) is 6.54 Å². The maximum Gasteiger partial charge on any atom is 0.150 e. The van der Waals surface area contributed by atoms with Crippen LogP contribution < -0.4 is 5.32 Å². The quantitative estimate of drug-likeness (QED) is 0.864. The molecular weight excluding hydrogens is 210 g/mol. The Morgan fingerprint density at radius 2 is 2.47 bits per heavy atom. The van der Waals surface area contributed by atoms with E-state index in [2.05, 4.69) is 22.4 Å². The van der Waals surface area contributed by atoms with E-state index in [1.165, 1.54) is 0 Å². The molecule has 0 fully saturated rings. The largest absolute Gasteiger partial charge is 0.360 e. The number of nitrogens with zero attached hydrogens (tertiary/aromatic N) is 2. The summed E-state index contributed by atoms with van der Waals surface area (Å²) in [6.07, 6.45) is 0. The Kier molecular flexibility index (Phi) is 3.13. The normalized spacial score (nSPS) is 12.9. The molecule has 0 amide bonds. The van der Waals surface area contributed by atoms with Gasteiger partial charge in [0.2, 0.25) is 0 Å². The van der Waals surface area contributed by atoms with Gasteiger partial charge in [0, 0.05) is 17.5 Å². The summed E-state index contributed by atoms with van der Waals surface area (Å²) in [7, 11) is 0. The van der Waals surface area contributed by atoms with Gasteiger partial charge in [-0.2, -0.15) is 0 Å². The second-order valence-corrected chi connectivity index (χ2v) is 4.17. The van der Waals surface area contributed by atoms with Crippen LogP contribution in [0.1, 0.15) is 30.1 Å². The van der Waals surface area contributed by atoms with E-state index in [9.17, 15) is 0 Å². The molecule has 5 heteroatoms. The number of hydrogen-bond acceptors (Lipinski definition) is 5. The molecule has 0 saturated heterocycles. The highest BCUT2D eigenvalue weighted by Crippen LogP contribution is 2.12. The number of aromatic nitrogens is 2. The van der Waals surface area contributed by atoms with Gasteiger partial charge in [0.05, 0.1) is 23.4 Å². The second-order valence-electron chi connectivity index (χ2n) is 3.45. The van der Waals surface area contributed by atoms with Crippen molar-refractivity contribution in [1.29, 1.82) is 0 Å². The van der Waals surface area contributed by atoms with Crippen LogP contribution in [0.4, 0.5) is 0 Å². The van der Waals surface area contributed by atoms with Gasteiger partial charge in [-0.3, -0.25) is 0 Å². The molecular formula is C10H13N3OS. The van der Waals surface area contributed by atoms with Crippen molar-refractivity contribution in [3.8, 4) is 0 Å². The molecule has 2 aromatic heterocycles. The molecule has 0 saturated carbocycles. The van der Waals surface area contributed by atoms with Gasteiger partial charge in [0.15, 0.2) is 5.76 Å². The third kappa shape index (κ3) is 2.64. The lowest BCUT2D eigenvalue weighted by molar-refractivity contribution is 0.362. The van der Waals surface area contributed by atoms with Gasteiger partial charge in [-0.1, -0.05) is 5.16 Å². The molecule has 0 aromatic carbocycles. The second kappa shape index (κ2) is 4.55. The first kappa shape index (κ1) is 10.3. The minimum atomic E-state index is 0.238. The fraction of sp³-hybridized carbons (Fsp3) is 0.400. The zero-order chi connectivity index (χ0) is 10.7. The van der Waals surface area contributed by atoms with E-state index in [4.69, 9.17) is 4.52 Å². The van der Waals surface area contributed by atoms with E-state index in [0.717, 1.165) is 17.1 Å². The summed E-state index contributed by atoms with van der Waals surface area (Å²) in [5.74, 6) is 0.856. The first-order valence-corrected chi connectivity index (χ1v) is 5.73. The predicted octanol–water partition coefficient (Wildman–Crippen LogP) is 2.29. The number of hydrogen-bond donors (Lipinski definition) is 1. The Balaban J connectivity index is 1.88. The average molecular weight is 223 g/mol. The van der Waals surface area contributed by atoms with Crippen molar-refractivity contribution in [1.82, 2.24) is 15.5 Å². The Bertz CT molecular complexity index is 410. The van der Waals surface area contributed by atoms with E-state index in [1.807, 2.05) is 23.9 Å². The van der Waals surface area contributed by atoms with Gasteiger partial charge < -0.3 is 9.84 Å².